The number of hydrogen-bond donors (Lipinski definition) is 5. The highest BCUT2D eigenvalue weighted by Gasteiger charge is 2.24. The van der Waals surface area contributed by atoms with Crippen LogP contribution < -0.4 is 26.8 Å². The van der Waals surface area contributed by atoms with Gasteiger partial charge in [-0.2, -0.15) is 0 Å². The van der Waals surface area contributed by atoms with E-state index < -0.39 is 0 Å². The molecule has 0 aromatic carbocycles. The van der Waals surface area contributed by atoms with Crippen LogP contribution in [0.1, 0.15) is 0 Å². The fraction of sp³-hybridized carbons (Fsp3) is 0. The third-order valence-corrected chi connectivity index (χ3v) is 6.49. The van der Waals surface area contributed by atoms with Crippen LogP contribution in [0.5, 0.6) is 0 Å². The molecule has 0 aliphatic heterocycles. The summed E-state index contributed by atoms with van der Waals surface area (Å²) in [5, 5.41) is 42.1. The van der Waals surface area contributed by atoms with Gasteiger partial charge < -0.3 is 49.9 Å². The van der Waals surface area contributed by atoms with E-state index in [0.29, 0.717) is 55.5 Å². The van der Waals surface area contributed by atoms with Crippen molar-refractivity contribution < 1.29 is 0 Å². The summed E-state index contributed by atoms with van der Waals surface area (Å²) in [7, 11) is 0. The minimum absolute atomic E-state index is 0.358. The molecule has 41 heavy (non-hydrogen) atoms. The molecule has 0 aliphatic carbocycles. The number of hydrogen-bond acceptors (Lipinski definition) is 6. The monoisotopic (exact) mass is 539 g/mol. The quantitative estimate of drug-likeness (QED) is 0.224. The molecule has 0 radical (unpaired) electrons. The van der Waals surface area contributed by atoms with Crippen LogP contribution in [0.4, 0.5) is 0 Å². The van der Waals surface area contributed by atoms with Crippen LogP contribution in [0.2, 0.25) is 0 Å². The Kier molecular flexibility index (Phi) is 6.28. The van der Waals surface area contributed by atoms with Gasteiger partial charge in [-0.3, -0.25) is 0 Å². The lowest BCUT2D eigenvalue weighted by molar-refractivity contribution is 0.842. The average molecular weight is 540 g/mol. The Balaban J connectivity index is 1.86. The van der Waals surface area contributed by atoms with E-state index in [4.69, 9.17) is 32.0 Å². The maximum atomic E-state index is 8.11. The average Bonchev–Trinajstić information content (AvgIpc) is 2.98. The molecule has 11 nitrogen and oxygen atoms in total. The minimum atomic E-state index is 0.358. The number of pyridine rings is 6. The van der Waals surface area contributed by atoms with Crippen molar-refractivity contribution in [3.05, 3.63) is 149 Å². The fourth-order valence-electron chi connectivity index (χ4n) is 4.47. The van der Waals surface area contributed by atoms with Crippen molar-refractivity contribution in [1.82, 2.24) is 27.8 Å². The summed E-state index contributed by atoms with van der Waals surface area (Å²) < 4.78 is 9.37. The van der Waals surface area contributed by atoms with Crippen LogP contribution in [0.25, 0.3) is 28.7 Å². The van der Waals surface area contributed by atoms with E-state index >= 15 is 0 Å². The van der Waals surface area contributed by atoms with Crippen molar-refractivity contribution in [2.45, 2.75) is 0 Å². The predicted octanol–water partition coefficient (Wildman–Crippen LogP) is 2.43. The molecule has 200 valence electrons. The van der Waals surface area contributed by atoms with Crippen LogP contribution in [-0.4, -0.2) is 27.8 Å². The van der Waals surface area contributed by atoms with Gasteiger partial charge >= 0.3 is 0 Å². The van der Waals surface area contributed by atoms with Gasteiger partial charge in [0, 0.05) is 62.0 Å². The van der Waals surface area contributed by atoms with Crippen molar-refractivity contribution in [3.8, 4) is 28.7 Å². The fourth-order valence-corrected chi connectivity index (χ4v) is 4.47. The SMILES string of the molecule is N=c1ccn(-c2nc(-n3ccc(=N)cc3)c(-n3ccc(=N)cc3)c(-n3ccc(=N)cc3)c2-n2ccc(=N)cc2)cc1. The first-order chi connectivity index (χ1) is 19.9. The Morgan fingerprint density at radius 2 is 0.537 bits per heavy atom. The molecule has 0 saturated carbocycles. The third kappa shape index (κ3) is 4.90. The first-order valence-electron chi connectivity index (χ1n) is 12.6. The maximum absolute atomic E-state index is 8.11. The molecule has 0 aliphatic rings. The molecular formula is C30H25N11. The Morgan fingerprint density at radius 1 is 0.317 bits per heavy atom. The highest BCUT2D eigenvalue weighted by molar-refractivity contribution is 5.75. The molecule has 0 fully saturated rings. The van der Waals surface area contributed by atoms with E-state index in [0.717, 1.165) is 0 Å². The first kappa shape index (κ1) is 25.2. The zero-order valence-electron chi connectivity index (χ0n) is 21.7. The van der Waals surface area contributed by atoms with Gasteiger partial charge in [-0.15, -0.1) is 0 Å². The van der Waals surface area contributed by atoms with Crippen LogP contribution >= 0.6 is 0 Å². The zero-order chi connectivity index (χ0) is 28.5. The van der Waals surface area contributed by atoms with E-state index in [2.05, 4.69) is 0 Å². The molecule has 6 aromatic rings. The minimum Gasteiger partial charge on any atom is -0.320 e. The highest BCUT2D eigenvalue weighted by Crippen LogP contribution is 2.34. The zero-order valence-corrected chi connectivity index (χ0v) is 21.7. The van der Waals surface area contributed by atoms with E-state index in [1.807, 2.05) is 35.2 Å². The Morgan fingerprint density at radius 3 is 0.805 bits per heavy atom. The van der Waals surface area contributed by atoms with Crippen molar-refractivity contribution in [3.63, 3.8) is 0 Å². The van der Waals surface area contributed by atoms with Crippen LogP contribution in [0, 0.1) is 27.0 Å². The second-order valence-corrected chi connectivity index (χ2v) is 9.28. The lowest BCUT2D eigenvalue weighted by atomic mass is 10.2. The van der Waals surface area contributed by atoms with Gasteiger partial charge in [0.25, 0.3) is 0 Å². The van der Waals surface area contributed by atoms with E-state index in [-0.39, 0.29) is 0 Å². The molecule has 6 aromatic heterocycles. The molecule has 6 rings (SSSR count). The highest BCUT2D eigenvalue weighted by atomic mass is 15.2. The second-order valence-electron chi connectivity index (χ2n) is 9.28. The largest absolute Gasteiger partial charge is 0.320 e. The van der Waals surface area contributed by atoms with Crippen LogP contribution in [0.15, 0.2) is 123 Å². The number of nitrogens with one attached hydrogen (secondary N) is 5. The standard InChI is InChI=1S/C30H25N11/c31-21-1-11-37(12-2-21)26-27(38-13-3-22(32)4-14-38)29(40-17-7-24(34)8-18-40)36-30(41-19-9-25(35)10-20-41)28(26)39-15-5-23(33)6-16-39/h1-20,31-35H. The van der Waals surface area contributed by atoms with Crippen LogP contribution in [0.3, 0.4) is 0 Å². The lowest BCUT2D eigenvalue weighted by Gasteiger charge is -2.26. The molecule has 0 unspecified atom stereocenters. The van der Waals surface area contributed by atoms with E-state index in [9.17, 15) is 0 Å². The topological polar surface area (TPSA) is 157 Å². The summed E-state index contributed by atoms with van der Waals surface area (Å²) in [5.74, 6) is 1.09. The molecule has 0 spiro atoms. The summed E-state index contributed by atoms with van der Waals surface area (Å²) >= 11 is 0. The number of nitrogens with zero attached hydrogens (tertiary/aromatic N) is 6. The van der Waals surface area contributed by atoms with Gasteiger partial charge in [-0.05, 0) is 60.7 Å². The molecule has 11 heteroatoms. The summed E-state index contributed by atoms with van der Waals surface area (Å²) in [5.41, 5.74) is 2.06. The van der Waals surface area contributed by atoms with Gasteiger partial charge in [-0.25, -0.2) is 4.98 Å². The summed E-state index contributed by atoms with van der Waals surface area (Å²) in [4.78, 5) is 5.19. The van der Waals surface area contributed by atoms with Crippen molar-refractivity contribution >= 4 is 0 Å². The number of aromatic nitrogens is 6. The van der Waals surface area contributed by atoms with Crippen molar-refractivity contribution in [2.24, 2.45) is 0 Å². The Bertz CT molecular complexity index is 2000. The molecule has 0 atom stereocenters. The summed E-state index contributed by atoms with van der Waals surface area (Å²) in [6, 6.07) is 16.9. The summed E-state index contributed by atoms with van der Waals surface area (Å²) in [6.07, 6.45) is 17.9. The van der Waals surface area contributed by atoms with Gasteiger partial charge in [-0.1, -0.05) is 0 Å². The molecule has 5 N–H and O–H groups in total. The molecule has 0 saturated heterocycles. The van der Waals surface area contributed by atoms with Gasteiger partial charge in [0.1, 0.15) is 17.1 Å². The predicted molar refractivity (Wildman–Crippen MR) is 150 cm³/mol. The lowest BCUT2D eigenvalue weighted by Crippen LogP contribution is -2.20. The maximum Gasteiger partial charge on any atom is 0.165 e. The van der Waals surface area contributed by atoms with Gasteiger partial charge in [0.2, 0.25) is 0 Å². The van der Waals surface area contributed by atoms with Crippen molar-refractivity contribution in [2.75, 3.05) is 0 Å². The van der Waals surface area contributed by atoms with E-state index in [1.54, 1.807) is 110 Å². The number of rotatable bonds is 5. The molecule has 0 bridgehead atoms. The van der Waals surface area contributed by atoms with Gasteiger partial charge in [0.15, 0.2) is 11.6 Å². The van der Waals surface area contributed by atoms with E-state index in [1.165, 1.54) is 0 Å². The first-order valence-corrected chi connectivity index (χ1v) is 12.6. The Labute approximate surface area is 233 Å². The summed E-state index contributed by atoms with van der Waals surface area (Å²) in [6.45, 7) is 0. The molecule has 0 amide bonds. The smallest absolute Gasteiger partial charge is 0.165 e. The molecular weight excluding hydrogens is 514 g/mol. The molecule has 6 heterocycles. The van der Waals surface area contributed by atoms with Gasteiger partial charge in [0.05, 0.1) is 26.8 Å². The third-order valence-electron chi connectivity index (χ3n) is 6.49. The normalized spacial score (nSPS) is 10.9. The van der Waals surface area contributed by atoms with Crippen LogP contribution in [-0.2, 0) is 0 Å². The second kappa shape index (κ2) is 10.2. The van der Waals surface area contributed by atoms with Crippen molar-refractivity contribution in [1.29, 1.82) is 27.0 Å². The Hall–Kier alpha value is -6.10.